The van der Waals surface area contributed by atoms with E-state index in [2.05, 4.69) is 4.99 Å². The van der Waals surface area contributed by atoms with Crippen LogP contribution in [0.2, 0.25) is 0 Å². The van der Waals surface area contributed by atoms with E-state index >= 15 is 0 Å². The molecule has 0 aliphatic heterocycles. The third kappa shape index (κ3) is 2.13. The van der Waals surface area contributed by atoms with Gasteiger partial charge in [-0.15, -0.1) is 0 Å². The number of benzene rings is 1. The highest BCUT2D eigenvalue weighted by atomic mass is 16.5. The maximum absolute atomic E-state index is 11.5. The van der Waals surface area contributed by atoms with Gasteiger partial charge in [0.1, 0.15) is 0 Å². The standard InChI is InChI=1S/C9H10N2O2/c1-10-9(11-13)8(12)7-5-3-2-4-6-7/h2-6,13H,1H3,(H,10,11). The SMILES string of the molecule is CN=C(NO)C(=O)c1ccccc1. The van der Waals surface area contributed by atoms with Gasteiger partial charge < -0.3 is 0 Å². The first kappa shape index (κ1) is 9.41. The number of hydrogen-bond acceptors (Lipinski definition) is 3. The molecule has 0 unspecified atom stereocenters. The molecule has 1 aromatic carbocycles. The topological polar surface area (TPSA) is 61.7 Å². The van der Waals surface area contributed by atoms with Crippen molar-refractivity contribution in [3.63, 3.8) is 0 Å². The van der Waals surface area contributed by atoms with Crippen LogP contribution in [0.3, 0.4) is 0 Å². The van der Waals surface area contributed by atoms with Crippen LogP contribution in [0.5, 0.6) is 0 Å². The quantitative estimate of drug-likeness (QED) is 0.306. The Labute approximate surface area is 75.9 Å². The van der Waals surface area contributed by atoms with Crippen molar-refractivity contribution < 1.29 is 10.0 Å². The van der Waals surface area contributed by atoms with Gasteiger partial charge in [0.15, 0.2) is 5.84 Å². The summed E-state index contributed by atoms with van der Waals surface area (Å²) in [6.07, 6.45) is 0. The summed E-state index contributed by atoms with van der Waals surface area (Å²) in [7, 11) is 1.43. The van der Waals surface area contributed by atoms with Gasteiger partial charge in [0, 0.05) is 12.6 Å². The third-order valence-electron chi connectivity index (χ3n) is 1.58. The van der Waals surface area contributed by atoms with E-state index in [4.69, 9.17) is 5.21 Å². The number of carbonyl (C=O) groups excluding carboxylic acids is 1. The van der Waals surface area contributed by atoms with Crippen LogP contribution in [0.25, 0.3) is 0 Å². The molecule has 0 spiro atoms. The summed E-state index contributed by atoms with van der Waals surface area (Å²) in [5.41, 5.74) is 2.24. The largest absolute Gasteiger partial charge is 0.290 e. The van der Waals surface area contributed by atoms with Crippen LogP contribution < -0.4 is 5.48 Å². The van der Waals surface area contributed by atoms with Crippen molar-refractivity contribution in [2.75, 3.05) is 7.05 Å². The van der Waals surface area contributed by atoms with E-state index in [0.29, 0.717) is 5.56 Å². The number of hydrogen-bond donors (Lipinski definition) is 2. The molecule has 0 aromatic heterocycles. The lowest BCUT2D eigenvalue weighted by Gasteiger charge is -2.01. The summed E-state index contributed by atoms with van der Waals surface area (Å²) in [6.45, 7) is 0. The zero-order chi connectivity index (χ0) is 9.68. The van der Waals surface area contributed by atoms with Crippen LogP contribution in [-0.4, -0.2) is 23.9 Å². The first-order valence-corrected chi connectivity index (χ1v) is 3.76. The highest BCUT2D eigenvalue weighted by Crippen LogP contribution is 1.99. The number of rotatable bonds is 2. The van der Waals surface area contributed by atoms with Crippen molar-refractivity contribution in [1.82, 2.24) is 5.48 Å². The number of Topliss-reactive ketones (excluding diaryl/α,β-unsaturated/α-hetero) is 1. The molecule has 1 aromatic rings. The fraction of sp³-hybridized carbons (Fsp3) is 0.111. The minimum absolute atomic E-state index is 0.0637. The van der Waals surface area contributed by atoms with Crippen molar-refractivity contribution in [3.8, 4) is 0 Å². The lowest BCUT2D eigenvalue weighted by molar-refractivity contribution is 0.104. The van der Waals surface area contributed by atoms with Crippen LogP contribution >= 0.6 is 0 Å². The van der Waals surface area contributed by atoms with Crippen LogP contribution in [-0.2, 0) is 0 Å². The zero-order valence-electron chi connectivity index (χ0n) is 7.19. The number of aliphatic imine (C=N–C) groups is 1. The Morgan fingerprint density at radius 3 is 2.46 bits per heavy atom. The summed E-state index contributed by atoms with van der Waals surface area (Å²) in [5.74, 6) is -0.392. The molecule has 0 saturated heterocycles. The molecule has 13 heavy (non-hydrogen) atoms. The van der Waals surface area contributed by atoms with Crippen molar-refractivity contribution in [1.29, 1.82) is 0 Å². The maximum atomic E-state index is 11.5. The highest BCUT2D eigenvalue weighted by molar-refractivity contribution is 6.44. The van der Waals surface area contributed by atoms with E-state index in [-0.39, 0.29) is 11.6 Å². The van der Waals surface area contributed by atoms with Crippen LogP contribution in [0.4, 0.5) is 0 Å². The molecule has 2 N–H and O–H groups in total. The molecule has 0 heterocycles. The van der Waals surface area contributed by atoms with Crippen molar-refractivity contribution >= 4 is 11.6 Å². The molecule has 0 radical (unpaired) electrons. The van der Waals surface area contributed by atoms with Gasteiger partial charge in [-0.2, -0.15) is 0 Å². The third-order valence-corrected chi connectivity index (χ3v) is 1.58. The number of amidine groups is 1. The van der Waals surface area contributed by atoms with Gasteiger partial charge in [0.2, 0.25) is 5.78 Å². The molecule has 1 rings (SSSR count). The zero-order valence-corrected chi connectivity index (χ0v) is 7.19. The average Bonchev–Trinajstić information content (AvgIpc) is 2.21. The van der Waals surface area contributed by atoms with E-state index in [1.165, 1.54) is 7.05 Å². The Kier molecular flexibility index (Phi) is 3.16. The van der Waals surface area contributed by atoms with Gasteiger partial charge in [-0.1, -0.05) is 30.3 Å². The van der Waals surface area contributed by atoms with Gasteiger partial charge in [-0.25, -0.2) is 5.48 Å². The first-order valence-electron chi connectivity index (χ1n) is 3.76. The Morgan fingerprint density at radius 2 is 2.00 bits per heavy atom. The predicted molar refractivity (Wildman–Crippen MR) is 49.1 cm³/mol. The van der Waals surface area contributed by atoms with Gasteiger partial charge in [-0.05, 0) is 0 Å². The second-order valence-electron chi connectivity index (χ2n) is 2.38. The molecule has 4 nitrogen and oxygen atoms in total. The van der Waals surface area contributed by atoms with Gasteiger partial charge in [-0.3, -0.25) is 15.0 Å². The lowest BCUT2D eigenvalue weighted by Crippen LogP contribution is -2.28. The lowest BCUT2D eigenvalue weighted by atomic mass is 10.1. The Hall–Kier alpha value is -1.68. The molecule has 0 saturated carbocycles. The number of ketones is 1. The predicted octanol–water partition coefficient (Wildman–Crippen LogP) is 0.876. The number of nitrogens with zero attached hydrogens (tertiary/aromatic N) is 1. The molecule has 0 atom stereocenters. The summed E-state index contributed by atoms with van der Waals surface area (Å²) >= 11 is 0. The van der Waals surface area contributed by atoms with Crippen molar-refractivity contribution in [2.45, 2.75) is 0 Å². The fourth-order valence-corrected chi connectivity index (χ4v) is 0.929. The van der Waals surface area contributed by atoms with Crippen molar-refractivity contribution in [2.24, 2.45) is 4.99 Å². The highest BCUT2D eigenvalue weighted by Gasteiger charge is 2.11. The monoisotopic (exact) mass is 178 g/mol. The minimum Gasteiger partial charge on any atom is -0.290 e. The molecule has 0 aliphatic rings. The second kappa shape index (κ2) is 4.37. The molecular weight excluding hydrogens is 168 g/mol. The Bertz CT molecular complexity index is 320. The fourth-order valence-electron chi connectivity index (χ4n) is 0.929. The van der Waals surface area contributed by atoms with E-state index in [0.717, 1.165) is 0 Å². The van der Waals surface area contributed by atoms with Crippen LogP contribution in [0, 0.1) is 0 Å². The van der Waals surface area contributed by atoms with E-state index < -0.39 is 0 Å². The molecule has 0 amide bonds. The van der Waals surface area contributed by atoms with Crippen LogP contribution in [0.1, 0.15) is 10.4 Å². The normalized spacial score (nSPS) is 11.1. The average molecular weight is 178 g/mol. The van der Waals surface area contributed by atoms with Crippen molar-refractivity contribution in [3.05, 3.63) is 35.9 Å². The molecule has 4 heteroatoms. The first-order chi connectivity index (χ1) is 6.29. The summed E-state index contributed by atoms with van der Waals surface area (Å²) in [5, 5.41) is 8.56. The summed E-state index contributed by atoms with van der Waals surface area (Å²) < 4.78 is 0. The minimum atomic E-state index is -0.328. The van der Waals surface area contributed by atoms with E-state index in [9.17, 15) is 4.79 Å². The molecule has 0 bridgehead atoms. The molecule has 0 aliphatic carbocycles. The van der Waals surface area contributed by atoms with Crippen LogP contribution in [0.15, 0.2) is 35.3 Å². The number of nitrogens with one attached hydrogen (secondary N) is 1. The van der Waals surface area contributed by atoms with Gasteiger partial charge >= 0.3 is 0 Å². The van der Waals surface area contributed by atoms with Gasteiger partial charge in [0.05, 0.1) is 0 Å². The number of hydroxylamine groups is 1. The molecular formula is C9H10N2O2. The Balaban J connectivity index is 2.92. The van der Waals surface area contributed by atoms with E-state index in [1.807, 2.05) is 6.07 Å². The maximum Gasteiger partial charge on any atom is 0.229 e. The summed E-state index contributed by atoms with van der Waals surface area (Å²) in [6, 6.07) is 8.62. The second-order valence-corrected chi connectivity index (χ2v) is 2.38. The number of carbonyl (C=O) groups is 1. The van der Waals surface area contributed by atoms with Gasteiger partial charge in [0.25, 0.3) is 0 Å². The molecule has 68 valence electrons. The molecule has 0 fully saturated rings. The smallest absolute Gasteiger partial charge is 0.229 e. The Morgan fingerprint density at radius 1 is 1.38 bits per heavy atom. The summed E-state index contributed by atoms with van der Waals surface area (Å²) in [4.78, 5) is 15.0. The van der Waals surface area contributed by atoms with E-state index in [1.54, 1.807) is 29.7 Å².